The topological polar surface area (TPSA) is 72.5 Å². The van der Waals surface area contributed by atoms with Gasteiger partial charge in [-0.2, -0.15) is 0 Å². The van der Waals surface area contributed by atoms with Crippen molar-refractivity contribution in [2.45, 2.75) is 13.3 Å². The predicted octanol–water partition coefficient (Wildman–Crippen LogP) is 3.41. The van der Waals surface area contributed by atoms with Crippen LogP contribution in [0.15, 0.2) is 42.5 Å². The van der Waals surface area contributed by atoms with Crippen molar-refractivity contribution in [3.63, 3.8) is 0 Å². The lowest BCUT2D eigenvalue weighted by atomic mass is 10.1. The number of hydrogen-bond donors (Lipinski definition) is 1. The molecule has 0 fully saturated rings. The van der Waals surface area contributed by atoms with E-state index in [1.807, 2.05) is 0 Å². The first kappa shape index (κ1) is 18.6. The highest BCUT2D eigenvalue weighted by molar-refractivity contribution is 6.31. The molecule has 0 heterocycles. The standard InChI is InChI=1S/C18H15ClFNO4/c1-11(22)12-5-7-13(8-6-12)21-17(23)10-25-18(24)9-14-15(19)3-2-4-16(14)20/h2-8H,9-10H2,1H3,(H,21,23). The van der Waals surface area contributed by atoms with Crippen LogP contribution in [-0.2, 0) is 20.7 Å². The zero-order valence-corrected chi connectivity index (χ0v) is 14.1. The molecule has 0 radical (unpaired) electrons. The molecule has 0 aliphatic heterocycles. The van der Waals surface area contributed by atoms with Crippen LogP contribution in [0.25, 0.3) is 0 Å². The number of nitrogens with one attached hydrogen (secondary N) is 1. The van der Waals surface area contributed by atoms with Crippen LogP contribution in [0.1, 0.15) is 22.8 Å². The van der Waals surface area contributed by atoms with Crippen LogP contribution in [-0.4, -0.2) is 24.3 Å². The number of carbonyl (C=O) groups is 3. The Balaban J connectivity index is 1.85. The van der Waals surface area contributed by atoms with Gasteiger partial charge < -0.3 is 10.1 Å². The van der Waals surface area contributed by atoms with Gasteiger partial charge >= 0.3 is 5.97 Å². The number of anilines is 1. The average molecular weight is 364 g/mol. The minimum atomic E-state index is -0.769. The van der Waals surface area contributed by atoms with Crippen molar-refractivity contribution in [3.8, 4) is 0 Å². The SMILES string of the molecule is CC(=O)c1ccc(NC(=O)COC(=O)Cc2c(F)cccc2Cl)cc1. The van der Waals surface area contributed by atoms with E-state index in [2.05, 4.69) is 5.32 Å². The molecule has 0 spiro atoms. The van der Waals surface area contributed by atoms with Gasteiger partial charge in [-0.3, -0.25) is 14.4 Å². The molecule has 0 unspecified atom stereocenters. The Morgan fingerprint density at radius 3 is 2.40 bits per heavy atom. The van der Waals surface area contributed by atoms with Crippen LogP contribution in [0, 0.1) is 5.82 Å². The Labute approximate surface area is 148 Å². The molecule has 25 heavy (non-hydrogen) atoms. The Hall–Kier alpha value is -2.73. The molecular weight excluding hydrogens is 349 g/mol. The van der Waals surface area contributed by atoms with Crippen molar-refractivity contribution in [3.05, 3.63) is 64.4 Å². The normalized spacial score (nSPS) is 10.2. The van der Waals surface area contributed by atoms with Gasteiger partial charge in [0.1, 0.15) is 5.82 Å². The summed E-state index contributed by atoms with van der Waals surface area (Å²) in [6, 6.07) is 10.4. The monoisotopic (exact) mass is 363 g/mol. The lowest BCUT2D eigenvalue weighted by Crippen LogP contribution is -2.22. The number of carbonyl (C=O) groups excluding carboxylic acids is 3. The summed E-state index contributed by atoms with van der Waals surface area (Å²) in [5.74, 6) is -2.02. The molecule has 1 amide bonds. The molecule has 5 nitrogen and oxygen atoms in total. The molecule has 130 valence electrons. The first-order valence-corrected chi connectivity index (χ1v) is 7.74. The quantitative estimate of drug-likeness (QED) is 0.630. The minimum Gasteiger partial charge on any atom is -0.455 e. The maximum atomic E-state index is 13.6. The van der Waals surface area contributed by atoms with E-state index in [9.17, 15) is 18.8 Å². The van der Waals surface area contributed by atoms with Gasteiger partial charge in [0, 0.05) is 21.8 Å². The van der Waals surface area contributed by atoms with E-state index in [4.69, 9.17) is 16.3 Å². The van der Waals surface area contributed by atoms with Crippen LogP contribution in [0.5, 0.6) is 0 Å². The molecule has 0 aliphatic carbocycles. The number of amides is 1. The van der Waals surface area contributed by atoms with E-state index in [0.29, 0.717) is 11.3 Å². The third-order valence-electron chi connectivity index (χ3n) is 3.32. The number of halogens is 2. The van der Waals surface area contributed by atoms with Gasteiger partial charge in [-0.1, -0.05) is 17.7 Å². The van der Waals surface area contributed by atoms with Crippen molar-refractivity contribution in [2.75, 3.05) is 11.9 Å². The molecule has 0 aromatic heterocycles. The summed E-state index contributed by atoms with van der Waals surface area (Å²) in [7, 11) is 0. The summed E-state index contributed by atoms with van der Waals surface area (Å²) in [5, 5.41) is 2.64. The fourth-order valence-electron chi connectivity index (χ4n) is 2.03. The highest BCUT2D eigenvalue weighted by Gasteiger charge is 2.14. The van der Waals surface area contributed by atoms with Crippen molar-refractivity contribution in [1.29, 1.82) is 0 Å². The maximum absolute atomic E-state index is 13.6. The van der Waals surface area contributed by atoms with Gasteiger partial charge in [-0.15, -0.1) is 0 Å². The second kappa shape index (κ2) is 8.39. The molecule has 7 heteroatoms. The van der Waals surface area contributed by atoms with E-state index in [1.54, 1.807) is 24.3 Å². The molecule has 0 saturated carbocycles. The van der Waals surface area contributed by atoms with Crippen LogP contribution in [0.3, 0.4) is 0 Å². The lowest BCUT2D eigenvalue weighted by molar-refractivity contribution is -0.146. The van der Waals surface area contributed by atoms with E-state index in [0.717, 1.165) is 0 Å². The maximum Gasteiger partial charge on any atom is 0.310 e. The zero-order chi connectivity index (χ0) is 18.4. The molecule has 1 N–H and O–H groups in total. The van der Waals surface area contributed by atoms with Crippen LogP contribution in [0.2, 0.25) is 5.02 Å². The van der Waals surface area contributed by atoms with Gasteiger partial charge in [0.25, 0.3) is 5.91 Å². The van der Waals surface area contributed by atoms with Crippen molar-refractivity contribution >= 4 is 34.9 Å². The number of hydrogen-bond acceptors (Lipinski definition) is 4. The summed E-state index contributed by atoms with van der Waals surface area (Å²) in [5.41, 5.74) is 1.00. The summed E-state index contributed by atoms with van der Waals surface area (Å²) in [4.78, 5) is 34.7. The highest BCUT2D eigenvalue weighted by atomic mass is 35.5. The fourth-order valence-corrected chi connectivity index (χ4v) is 2.26. The number of ether oxygens (including phenoxy) is 1. The summed E-state index contributed by atoms with van der Waals surface area (Å²) >= 11 is 5.83. The summed E-state index contributed by atoms with van der Waals surface area (Å²) in [6.45, 7) is 0.925. The van der Waals surface area contributed by atoms with Gasteiger partial charge in [0.15, 0.2) is 12.4 Å². The van der Waals surface area contributed by atoms with E-state index in [1.165, 1.54) is 25.1 Å². The summed E-state index contributed by atoms with van der Waals surface area (Å²) < 4.78 is 18.4. The molecular formula is C18H15ClFNO4. The molecule has 0 bridgehead atoms. The van der Waals surface area contributed by atoms with Gasteiger partial charge in [-0.05, 0) is 43.3 Å². The van der Waals surface area contributed by atoms with Crippen LogP contribution < -0.4 is 5.32 Å². The number of ketones is 1. The Morgan fingerprint density at radius 1 is 1.12 bits per heavy atom. The molecule has 2 rings (SSSR count). The Kier molecular flexibility index (Phi) is 6.25. The summed E-state index contributed by atoms with van der Waals surface area (Å²) in [6.07, 6.45) is -0.369. The second-order valence-electron chi connectivity index (χ2n) is 5.22. The van der Waals surface area contributed by atoms with E-state index < -0.39 is 24.3 Å². The fraction of sp³-hybridized carbons (Fsp3) is 0.167. The Morgan fingerprint density at radius 2 is 1.80 bits per heavy atom. The first-order valence-electron chi connectivity index (χ1n) is 7.36. The number of Topliss-reactive ketones (excluding diaryl/α,β-unsaturated/α-hetero) is 1. The largest absolute Gasteiger partial charge is 0.455 e. The van der Waals surface area contributed by atoms with Gasteiger partial charge in [0.05, 0.1) is 6.42 Å². The smallest absolute Gasteiger partial charge is 0.310 e. The van der Waals surface area contributed by atoms with Crippen molar-refractivity contribution in [2.24, 2.45) is 0 Å². The first-order chi connectivity index (χ1) is 11.9. The van der Waals surface area contributed by atoms with Crippen LogP contribution >= 0.6 is 11.6 Å². The molecule has 0 atom stereocenters. The van der Waals surface area contributed by atoms with Crippen LogP contribution in [0.4, 0.5) is 10.1 Å². The third-order valence-corrected chi connectivity index (χ3v) is 3.68. The highest BCUT2D eigenvalue weighted by Crippen LogP contribution is 2.19. The zero-order valence-electron chi connectivity index (χ0n) is 13.3. The number of benzene rings is 2. The molecule has 2 aromatic carbocycles. The molecule has 0 aliphatic rings. The second-order valence-corrected chi connectivity index (χ2v) is 5.63. The predicted molar refractivity (Wildman–Crippen MR) is 91.1 cm³/mol. The molecule has 2 aromatic rings. The van der Waals surface area contributed by atoms with E-state index in [-0.39, 0.29) is 22.8 Å². The number of rotatable bonds is 6. The molecule has 0 saturated heterocycles. The van der Waals surface area contributed by atoms with E-state index >= 15 is 0 Å². The minimum absolute atomic E-state index is 0.0226. The number of esters is 1. The van der Waals surface area contributed by atoms with Gasteiger partial charge in [-0.25, -0.2) is 4.39 Å². The van der Waals surface area contributed by atoms with Crippen molar-refractivity contribution < 1.29 is 23.5 Å². The van der Waals surface area contributed by atoms with Crippen molar-refractivity contribution in [1.82, 2.24) is 0 Å². The third kappa shape index (κ3) is 5.39. The Bertz CT molecular complexity index is 785. The average Bonchev–Trinajstić information content (AvgIpc) is 2.57. The van der Waals surface area contributed by atoms with Gasteiger partial charge in [0.2, 0.25) is 0 Å². The lowest BCUT2D eigenvalue weighted by Gasteiger charge is -2.08.